The number of nitrogens with one attached hydrogen (secondary N) is 2. The van der Waals surface area contributed by atoms with E-state index in [9.17, 15) is 19.2 Å². The van der Waals surface area contributed by atoms with Crippen LogP contribution in [0.2, 0.25) is 0 Å². The van der Waals surface area contributed by atoms with Gasteiger partial charge in [-0.05, 0) is 52.3 Å². The third kappa shape index (κ3) is 14.1. The normalized spacial score (nSPS) is 14.1. The van der Waals surface area contributed by atoms with Crippen molar-refractivity contribution < 1.29 is 52.5 Å². The van der Waals surface area contributed by atoms with Gasteiger partial charge in [0.15, 0.2) is 12.4 Å². The highest BCUT2D eigenvalue weighted by Gasteiger charge is 2.28. The van der Waals surface area contributed by atoms with Gasteiger partial charge < -0.3 is 43.8 Å². The van der Waals surface area contributed by atoms with Crippen molar-refractivity contribution >= 4 is 23.8 Å². The Balaban J connectivity index is 0.00000705. The number of carbonyl (C=O) groups excluding carboxylic acids is 4. The molecular formula is C33H49IN6O5. The minimum absolute atomic E-state index is 0. The highest BCUT2D eigenvalue weighted by molar-refractivity contribution is 5.88. The van der Waals surface area contributed by atoms with Crippen molar-refractivity contribution in [3.63, 3.8) is 0 Å². The number of pyridine rings is 1. The summed E-state index contributed by atoms with van der Waals surface area (Å²) in [5.74, 6) is -0.485. The van der Waals surface area contributed by atoms with Crippen LogP contribution in [-0.2, 0) is 39.0 Å². The molecule has 1 unspecified atom stereocenters. The summed E-state index contributed by atoms with van der Waals surface area (Å²) >= 11 is 0. The largest absolute Gasteiger partial charge is 1.00 e. The van der Waals surface area contributed by atoms with Crippen molar-refractivity contribution in [2.75, 3.05) is 39.8 Å². The number of aryl methyl sites for hydroxylation is 1. The predicted octanol–water partition coefficient (Wildman–Crippen LogP) is -0.612. The summed E-state index contributed by atoms with van der Waals surface area (Å²) in [6.45, 7) is 8.47. The standard InChI is InChI=1S/C33H48N6O5.HI/c1-33(2,3)44-32(43)35-39(30(41)24-27-15-12-17-37(5)25-27)18-11-7-10-16-29(40)34-28(23-26-13-8-6-9-14-26)31(42)38-21-19-36(4)20-22-38;/h6,8-9,12-15,17,25,28H,7,10-11,16,18-24H2,1-5H3,(H-,34,35,40,43);1H. The van der Waals surface area contributed by atoms with Gasteiger partial charge in [-0.3, -0.25) is 19.4 Å². The van der Waals surface area contributed by atoms with Crippen LogP contribution in [0.15, 0.2) is 54.9 Å². The van der Waals surface area contributed by atoms with Gasteiger partial charge in [0.2, 0.25) is 17.7 Å². The van der Waals surface area contributed by atoms with Gasteiger partial charge in [-0.2, -0.15) is 0 Å². The Morgan fingerprint density at radius 2 is 1.62 bits per heavy atom. The Labute approximate surface area is 284 Å². The molecule has 1 atom stereocenters. The number of unbranched alkanes of at least 4 members (excludes halogenated alkanes) is 2. The number of amides is 4. The van der Waals surface area contributed by atoms with Gasteiger partial charge >= 0.3 is 6.09 Å². The van der Waals surface area contributed by atoms with Crippen molar-refractivity contribution in [3.05, 3.63) is 66.0 Å². The molecule has 4 amide bonds. The number of hydrogen-bond acceptors (Lipinski definition) is 6. The van der Waals surface area contributed by atoms with Crippen molar-refractivity contribution in [2.45, 2.75) is 70.9 Å². The lowest BCUT2D eigenvalue weighted by atomic mass is 10.0. The second-order valence-corrected chi connectivity index (χ2v) is 12.5. The number of nitrogens with zero attached hydrogens (tertiary/aromatic N) is 4. The van der Waals surface area contributed by atoms with E-state index in [0.29, 0.717) is 38.8 Å². The van der Waals surface area contributed by atoms with Crippen molar-refractivity contribution in [2.24, 2.45) is 7.05 Å². The van der Waals surface area contributed by atoms with Gasteiger partial charge in [0.05, 0.1) is 6.42 Å². The van der Waals surface area contributed by atoms with Crippen molar-refractivity contribution in [1.82, 2.24) is 25.6 Å². The van der Waals surface area contributed by atoms with E-state index in [-0.39, 0.29) is 61.1 Å². The number of ether oxygens (including phenoxy) is 1. The SMILES string of the molecule is CN1CCN(C(=O)C(Cc2ccccc2)NC(=O)CCCCCN(NC(=O)OC(C)(C)C)C(=O)Cc2ccc[n+](C)c2)CC1.[I-]. The molecule has 1 fully saturated rings. The Kier molecular flexibility index (Phi) is 15.7. The van der Waals surface area contributed by atoms with Crippen molar-refractivity contribution in [1.29, 1.82) is 0 Å². The summed E-state index contributed by atoms with van der Waals surface area (Å²) in [5.41, 5.74) is 3.71. The summed E-state index contributed by atoms with van der Waals surface area (Å²) in [7, 11) is 3.92. The molecule has 248 valence electrons. The van der Waals surface area contributed by atoms with E-state index in [1.165, 1.54) is 5.01 Å². The number of benzene rings is 1. The number of piperazine rings is 1. The molecule has 0 bridgehead atoms. The lowest BCUT2D eigenvalue weighted by Crippen LogP contribution is -3.00. The van der Waals surface area contributed by atoms with E-state index in [1.54, 1.807) is 20.8 Å². The molecule has 1 aliphatic rings. The molecule has 0 saturated carbocycles. The number of rotatable bonds is 12. The summed E-state index contributed by atoms with van der Waals surface area (Å²) in [5, 5.41) is 4.28. The van der Waals surface area contributed by atoms with E-state index in [4.69, 9.17) is 4.74 Å². The molecule has 2 heterocycles. The fraction of sp³-hybridized carbons (Fsp3) is 0.545. The van der Waals surface area contributed by atoms with Crippen LogP contribution in [0.3, 0.4) is 0 Å². The van der Waals surface area contributed by atoms with E-state index < -0.39 is 17.7 Å². The number of halogens is 1. The summed E-state index contributed by atoms with van der Waals surface area (Å²) in [4.78, 5) is 56.0. The maximum absolute atomic E-state index is 13.4. The molecule has 0 radical (unpaired) electrons. The highest BCUT2D eigenvalue weighted by Crippen LogP contribution is 2.11. The lowest BCUT2D eigenvalue weighted by molar-refractivity contribution is -0.671. The molecule has 12 heteroatoms. The zero-order valence-corrected chi connectivity index (χ0v) is 29.4. The molecule has 45 heavy (non-hydrogen) atoms. The van der Waals surface area contributed by atoms with Crippen LogP contribution in [-0.4, -0.2) is 90.0 Å². The zero-order chi connectivity index (χ0) is 32.1. The molecule has 11 nitrogen and oxygen atoms in total. The average Bonchev–Trinajstić information content (AvgIpc) is 2.95. The van der Waals surface area contributed by atoms with Crippen LogP contribution in [0.1, 0.15) is 57.6 Å². The average molecular weight is 737 g/mol. The summed E-state index contributed by atoms with van der Waals surface area (Å²) in [6.07, 6.45) is 5.67. The Morgan fingerprint density at radius 3 is 2.27 bits per heavy atom. The smallest absolute Gasteiger partial charge is 0.426 e. The van der Waals surface area contributed by atoms with Gasteiger partial charge in [0.25, 0.3) is 0 Å². The molecule has 2 aromatic rings. The Hall–Kier alpha value is -3.26. The van der Waals surface area contributed by atoms with E-state index in [2.05, 4.69) is 15.6 Å². The first-order valence-electron chi connectivity index (χ1n) is 15.4. The van der Waals surface area contributed by atoms with E-state index >= 15 is 0 Å². The number of hydrazine groups is 1. The van der Waals surface area contributed by atoms with Gasteiger partial charge in [-0.15, -0.1) is 0 Å². The molecule has 1 aliphatic heterocycles. The molecule has 0 spiro atoms. The van der Waals surface area contributed by atoms with Crippen LogP contribution < -0.4 is 39.3 Å². The molecule has 3 rings (SSSR count). The van der Waals surface area contributed by atoms with Gasteiger partial charge in [0, 0.05) is 57.2 Å². The minimum Gasteiger partial charge on any atom is -1.00 e. The van der Waals surface area contributed by atoms with Crippen LogP contribution >= 0.6 is 0 Å². The lowest BCUT2D eigenvalue weighted by Gasteiger charge is -2.35. The van der Waals surface area contributed by atoms with Crippen molar-refractivity contribution in [3.8, 4) is 0 Å². The fourth-order valence-electron chi connectivity index (χ4n) is 4.97. The fourth-order valence-corrected chi connectivity index (χ4v) is 4.97. The minimum atomic E-state index is -0.705. The first-order chi connectivity index (χ1) is 20.9. The molecule has 1 aromatic carbocycles. The Bertz CT molecular complexity index is 1250. The van der Waals surface area contributed by atoms with Crippen LogP contribution in [0.5, 0.6) is 0 Å². The Morgan fingerprint density at radius 1 is 0.956 bits per heavy atom. The quantitative estimate of drug-likeness (QED) is 0.130. The third-order valence-electron chi connectivity index (χ3n) is 7.30. The van der Waals surface area contributed by atoms with E-state index in [0.717, 1.165) is 24.2 Å². The van der Waals surface area contributed by atoms with E-state index in [1.807, 2.05) is 78.4 Å². The predicted molar refractivity (Wildman–Crippen MR) is 167 cm³/mol. The number of hydrogen-bond donors (Lipinski definition) is 2. The first-order valence-corrected chi connectivity index (χ1v) is 15.4. The summed E-state index contributed by atoms with van der Waals surface area (Å²) in [6, 6.07) is 12.8. The third-order valence-corrected chi connectivity index (χ3v) is 7.30. The van der Waals surface area contributed by atoms with Gasteiger partial charge in [0.1, 0.15) is 18.7 Å². The monoisotopic (exact) mass is 736 g/mol. The molecule has 2 N–H and O–H groups in total. The maximum Gasteiger partial charge on any atom is 0.426 e. The number of likely N-dealkylation sites (N-methyl/N-ethyl adjacent to an activating group) is 1. The molecule has 1 saturated heterocycles. The van der Waals surface area contributed by atoms with Crippen LogP contribution in [0, 0.1) is 0 Å². The second kappa shape index (κ2) is 18.6. The number of carbonyl (C=O) groups is 4. The molecular weight excluding hydrogens is 687 g/mol. The zero-order valence-electron chi connectivity index (χ0n) is 27.3. The topological polar surface area (TPSA) is 115 Å². The van der Waals surface area contributed by atoms with Crippen LogP contribution in [0.4, 0.5) is 4.79 Å². The number of aromatic nitrogens is 1. The van der Waals surface area contributed by atoms with Gasteiger partial charge in [-0.1, -0.05) is 36.8 Å². The summed E-state index contributed by atoms with van der Waals surface area (Å²) < 4.78 is 7.22. The van der Waals surface area contributed by atoms with Crippen LogP contribution in [0.25, 0.3) is 0 Å². The molecule has 0 aliphatic carbocycles. The maximum atomic E-state index is 13.4. The highest BCUT2D eigenvalue weighted by atomic mass is 127. The molecule has 1 aromatic heterocycles. The second-order valence-electron chi connectivity index (χ2n) is 12.5. The van der Waals surface area contributed by atoms with Gasteiger partial charge in [-0.25, -0.2) is 14.8 Å². The first kappa shape index (κ1) is 37.9.